The van der Waals surface area contributed by atoms with Gasteiger partial charge in [0.05, 0.1) is 0 Å². The summed E-state index contributed by atoms with van der Waals surface area (Å²) in [5.41, 5.74) is 0. The van der Waals surface area contributed by atoms with E-state index in [0.29, 0.717) is 0 Å². The summed E-state index contributed by atoms with van der Waals surface area (Å²) in [4.78, 5) is 5.12. The highest BCUT2D eigenvalue weighted by atomic mass is 15.2. The average molecular weight is 267 g/mol. The summed E-state index contributed by atoms with van der Waals surface area (Å²) in [6.45, 7) is 3.93. The smallest absolute Gasteiger partial charge is 0.0113 e. The van der Waals surface area contributed by atoms with Crippen molar-refractivity contribution >= 4 is 0 Å². The van der Waals surface area contributed by atoms with E-state index in [0.717, 1.165) is 18.0 Å². The number of piperidine rings is 1. The summed E-state index contributed by atoms with van der Waals surface area (Å²) in [7, 11) is 6.60. The van der Waals surface area contributed by atoms with Gasteiger partial charge in [0.15, 0.2) is 0 Å². The van der Waals surface area contributed by atoms with Crippen LogP contribution in [0.4, 0.5) is 0 Å². The Morgan fingerprint density at radius 3 is 2.32 bits per heavy atom. The average Bonchev–Trinajstić information content (AvgIpc) is 2.64. The van der Waals surface area contributed by atoms with E-state index in [-0.39, 0.29) is 0 Å². The number of likely N-dealkylation sites (tertiary alicyclic amines) is 1. The van der Waals surface area contributed by atoms with Crippen molar-refractivity contribution < 1.29 is 0 Å². The third-order valence-corrected chi connectivity index (χ3v) is 5.31. The Morgan fingerprint density at radius 2 is 1.68 bits per heavy atom. The highest BCUT2D eigenvalue weighted by molar-refractivity contribution is 4.84. The van der Waals surface area contributed by atoms with E-state index in [2.05, 4.69) is 36.3 Å². The van der Waals surface area contributed by atoms with Crippen LogP contribution in [0, 0.1) is 5.92 Å². The molecule has 1 aliphatic heterocycles. The number of hydrogen-bond donors (Lipinski definition) is 1. The summed E-state index contributed by atoms with van der Waals surface area (Å²) >= 11 is 0. The number of rotatable bonds is 4. The Bertz CT molecular complexity index is 246. The topological polar surface area (TPSA) is 18.5 Å². The summed E-state index contributed by atoms with van der Waals surface area (Å²) in [6.07, 6.45) is 9.82. The first-order valence-electron chi connectivity index (χ1n) is 8.26. The minimum Gasteiger partial charge on any atom is -0.317 e. The van der Waals surface area contributed by atoms with E-state index in [1.165, 1.54) is 64.6 Å². The van der Waals surface area contributed by atoms with E-state index in [9.17, 15) is 0 Å². The molecule has 2 fully saturated rings. The van der Waals surface area contributed by atoms with Crippen molar-refractivity contribution in [2.45, 2.75) is 57.0 Å². The molecule has 1 N–H and O–H groups in total. The largest absolute Gasteiger partial charge is 0.317 e. The van der Waals surface area contributed by atoms with Crippen LogP contribution in [0.2, 0.25) is 0 Å². The molecule has 0 bridgehead atoms. The van der Waals surface area contributed by atoms with Crippen LogP contribution in [0.3, 0.4) is 0 Å². The van der Waals surface area contributed by atoms with E-state index >= 15 is 0 Å². The lowest BCUT2D eigenvalue weighted by molar-refractivity contribution is 0.119. The maximum Gasteiger partial charge on any atom is 0.0113 e. The summed E-state index contributed by atoms with van der Waals surface area (Å²) < 4.78 is 0. The SMILES string of the molecule is CNC1CCCCCC1CN1CCC(N(C)C)CC1. The maximum absolute atomic E-state index is 3.58. The predicted molar refractivity (Wildman–Crippen MR) is 82.6 cm³/mol. The first-order valence-corrected chi connectivity index (χ1v) is 8.26. The van der Waals surface area contributed by atoms with Crippen LogP contribution in [-0.2, 0) is 0 Å². The molecule has 0 aromatic heterocycles. The van der Waals surface area contributed by atoms with Gasteiger partial charge in [-0.25, -0.2) is 0 Å². The van der Waals surface area contributed by atoms with Crippen molar-refractivity contribution in [3.8, 4) is 0 Å². The molecule has 0 radical (unpaired) electrons. The van der Waals surface area contributed by atoms with Gasteiger partial charge in [0.1, 0.15) is 0 Å². The third-order valence-electron chi connectivity index (χ3n) is 5.31. The van der Waals surface area contributed by atoms with Crippen molar-refractivity contribution in [3.05, 3.63) is 0 Å². The number of nitrogens with one attached hydrogen (secondary N) is 1. The quantitative estimate of drug-likeness (QED) is 0.788. The molecule has 3 heteroatoms. The molecule has 0 spiro atoms. The summed E-state index contributed by atoms with van der Waals surface area (Å²) in [5.74, 6) is 0.878. The predicted octanol–water partition coefficient (Wildman–Crippen LogP) is 2.18. The zero-order valence-electron chi connectivity index (χ0n) is 13.2. The van der Waals surface area contributed by atoms with Gasteiger partial charge in [0.25, 0.3) is 0 Å². The van der Waals surface area contributed by atoms with E-state index < -0.39 is 0 Å². The molecule has 0 aromatic rings. The van der Waals surface area contributed by atoms with Crippen LogP contribution in [-0.4, -0.2) is 62.7 Å². The normalized spacial score (nSPS) is 31.6. The van der Waals surface area contributed by atoms with Crippen molar-refractivity contribution in [2.24, 2.45) is 5.92 Å². The lowest BCUT2D eigenvalue weighted by Crippen LogP contribution is -2.46. The minimum absolute atomic E-state index is 0.758. The molecule has 1 aliphatic carbocycles. The monoisotopic (exact) mass is 267 g/mol. The first kappa shape index (κ1) is 15.3. The van der Waals surface area contributed by atoms with Crippen LogP contribution < -0.4 is 5.32 Å². The third kappa shape index (κ3) is 4.44. The highest BCUT2D eigenvalue weighted by Crippen LogP contribution is 2.25. The number of nitrogens with zero attached hydrogens (tertiary/aromatic N) is 2. The van der Waals surface area contributed by atoms with Crippen molar-refractivity contribution in [3.63, 3.8) is 0 Å². The second kappa shape index (κ2) is 7.61. The molecule has 2 rings (SSSR count). The molecule has 0 amide bonds. The lowest BCUT2D eigenvalue weighted by Gasteiger charge is -2.38. The van der Waals surface area contributed by atoms with Gasteiger partial charge in [0, 0.05) is 18.6 Å². The molecule has 3 nitrogen and oxygen atoms in total. The van der Waals surface area contributed by atoms with Gasteiger partial charge >= 0.3 is 0 Å². The first-order chi connectivity index (χ1) is 9.20. The van der Waals surface area contributed by atoms with Gasteiger partial charge in [0.2, 0.25) is 0 Å². The number of hydrogen-bond acceptors (Lipinski definition) is 3. The fourth-order valence-electron chi connectivity index (χ4n) is 3.93. The molecule has 1 saturated carbocycles. The van der Waals surface area contributed by atoms with Crippen LogP contribution in [0.1, 0.15) is 44.9 Å². The molecule has 1 heterocycles. The van der Waals surface area contributed by atoms with E-state index in [1.807, 2.05) is 0 Å². The van der Waals surface area contributed by atoms with Crippen LogP contribution in [0.15, 0.2) is 0 Å². The van der Waals surface area contributed by atoms with E-state index in [1.54, 1.807) is 0 Å². The maximum atomic E-state index is 3.58. The molecular formula is C16H33N3. The molecule has 19 heavy (non-hydrogen) atoms. The Morgan fingerprint density at radius 1 is 1.00 bits per heavy atom. The zero-order valence-corrected chi connectivity index (χ0v) is 13.2. The highest BCUT2D eigenvalue weighted by Gasteiger charge is 2.27. The van der Waals surface area contributed by atoms with E-state index in [4.69, 9.17) is 0 Å². The lowest BCUT2D eigenvalue weighted by atomic mass is 9.93. The van der Waals surface area contributed by atoms with Gasteiger partial charge in [-0.05, 0) is 65.8 Å². The Labute approximate surface area is 119 Å². The van der Waals surface area contributed by atoms with Crippen LogP contribution >= 0.6 is 0 Å². The van der Waals surface area contributed by atoms with Crippen molar-refractivity contribution in [1.29, 1.82) is 0 Å². The van der Waals surface area contributed by atoms with Gasteiger partial charge < -0.3 is 15.1 Å². The fourth-order valence-corrected chi connectivity index (χ4v) is 3.93. The summed E-state index contributed by atoms with van der Waals surface area (Å²) in [6, 6.07) is 1.57. The molecule has 2 unspecified atom stereocenters. The Hall–Kier alpha value is -0.120. The Kier molecular flexibility index (Phi) is 6.11. The second-order valence-corrected chi connectivity index (χ2v) is 6.79. The zero-order chi connectivity index (χ0) is 13.7. The molecule has 1 saturated heterocycles. The van der Waals surface area contributed by atoms with Crippen LogP contribution in [0.5, 0.6) is 0 Å². The molecule has 2 aliphatic rings. The van der Waals surface area contributed by atoms with Gasteiger partial charge in [-0.1, -0.05) is 19.3 Å². The van der Waals surface area contributed by atoms with Gasteiger partial charge in [-0.3, -0.25) is 0 Å². The minimum atomic E-state index is 0.758. The van der Waals surface area contributed by atoms with Gasteiger partial charge in [-0.2, -0.15) is 0 Å². The van der Waals surface area contributed by atoms with Gasteiger partial charge in [-0.15, -0.1) is 0 Å². The van der Waals surface area contributed by atoms with Crippen molar-refractivity contribution in [1.82, 2.24) is 15.1 Å². The molecule has 0 aromatic carbocycles. The molecule has 2 atom stereocenters. The molecular weight excluding hydrogens is 234 g/mol. The Balaban J connectivity index is 1.80. The molecule has 112 valence electrons. The fraction of sp³-hybridized carbons (Fsp3) is 1.00. The second-order valence-electron chi connectivity index (χ2n) is 6.79. The standard InChI is InChI=1S/C16H33N3/c1-17-16-8-6-4-5-7-14(16)13-19-11-9-15(10-12-19)18(2)3/h14-17H,4-13H2,1-3H3. The van der Waals surface area contributed by atoms with Crippen LogP contribution in [0.25, 0.3) is 0 Å². The summed E-state index contributed by atoms with van der Waals surface area (Å²) in [5, 5.41) is 3.58. The van der Waals surface area contributed by atoms with Crippen molar-refractivity contribution in [2.75, 3.05) is 40.8 Å².